The minimum absolute atomic E-state index is 0.0344. The monoisotopic (exact) mass is 551 g/mol. The van der Waals surface area contributed by atoms with Crippen molar-refractivity contribution in [3.8, 4) is 17.6 Å². The fourth-order valence-corrected chi connectivity index (χ4v) is 7.31. The molecule has 40 heavy (non-hydrogen) atoms. The molecule has 4 aliphatic carbocycles. The molecule has 0 aromatic heterocycles. The van der Waals surface area contributed by atoms with E-state index < -0.39 is 11.4 Å². The van der Waals surface area contributed by atoms with Gasteiger partial charge in [0.2, 0.25) is 5.91 Å². The van der Waals surface area contributed by atoms with Crippen molar-refractivity contribution in [2.45, 2.75) is 90.2 Å². The molecule has 4 saturated carbocycles. The van der Waals surface area contributed by atoms with Crippen molar-refractivity contribution in [2.24, 2.45) is 28.6 Å². The van der Waals surface area contributed by atoms with Crippen LogP contribution >= 0.6 is 0 Å². The van der Waals surface area contributed by atoms with Crippen LogP contribution in [0.3, 0.4) is 0 Å². The number of amides is 2. The van der Waals surface area contributed by atoms with Gasteiger partial charge in [-0.2, -0.15) is 5.26 Å². The highest BCUT2D eigenvalue weighted by Crippen LogP contribution is 2.49. The number of fused-ring (bicyclic) bond motifs is 2. The van der Waals surface area contributed by atoms with E-state index in [0.29, 0.717) is 32.2 Å². The summed E-state index contributed by atoms with van der Waals surface area (Å²) in [5.41, 5.74) is -0.0848. The highest BCUT2D eigenvalue weighted by atomic mass is 16.5. The molecule has 0 heterocycles. The molecule has 1 aromatic carbocycles. The van der Waals surface area contributed by atoms with Crippen LogP contribution in [0.15, 0.2) is 12.1 Å². The maximum Gasteiger partial charge on any atom is 0.309 e. The normalized spacial score (nSPS) is 31.9. The minimum atomic E-state index is -0.808. The second kappa shape index (κ2) is 10.9. The number of hydrogen-bond acceptors (Lipinski definition) is 6. The number of aliphatic carboxylic acids is 1. The third-order valence-electron chi connectivity index (χ3n) is 10.3. The standard InChI is InChI=1S/C31H41N3O6/c1-30(9-4-10-30)17-33-28(36)25-18-5-6-19(13-18)26(25)34-27(35)22-15-23(20(16-32)14-24(22)39-3)40-21-7-11-31(2,12-8-21)29(37)38/h14-15,18-19,21,25-26H,4-13,17H2,1-3H3,(H,33,36)(H,34,35)(H,37,38)/t18?,19-,21?,25?,26?,31?/m0/s1. The lowest BCUT2D eigenvalue weighted by atomic mass is 9.70. The molecule has 1 aromatic rings. The smallest absolute Gasteiger partial charge is 0.309 e. The molecule has 0 saturated heterocycles. The van der Waals surface area contributed by atoms with Crippen LogP contribution in [0.5, 0.6) is 11.5 Å². The molecule has 4 atom stereocenters. The highest BCUT2D eigenvalue weighted by Gasteiger charge is 2.51. The van der Waals surface area contributed by atoms with Crippen molar-refractivity contribution < 1.29 is 29.0 Å². The summed E-state index contributed by atoms with van der Waals surface area (Å²) in [5.74, 6) is -0.293. The van der Waals surface area contributed by atoms with E-state index in [2.05, 4.69) is 23.6 Å². The van der Waals surface area contributed by atoms with Crippen LogP contribution in [0.2, 0.25) is 0 Å². The molecule has 4 fully saturated rings. The quantitative estimate of drug-likeness (QED) is 0.413. The zero-order valence-corrected chi connectivity index (χ0v) is 23.8. The third-order valence-corrected chi connectivity index (χ3v) is 10.3. The molecule has 9 nitrogen and oxygen atoms in total. The van der Waals surface area contributed by atoms with Crippen molar-refractivity contribution in [2.75, 3.05) is 13.7 Å². The molecule has 4 aliphatic rings. The van der Waals surface area contributed by atoms with Crippen molar-refractivity contribution in [1.82, 2.24) is 10.6 Å². The van der Waals surface area contributed by atoms with Crippen molar-refractivity contribution in [3.05, 3.63) is 23.3 Å². The molecule has 2 bridgehead atoms. The second-order valence-corrected chi connectivity index (χ2v) is 13.1. The number of hydrogen-bond donors (Lipinski definition) is 3. The summed E-state index contributed by atoms with van der Waals surface area (Å²) in [7, 11) is 1.45. The maximum atomic E-state index is 13.7. The first-order valence-electron chi connectivity index (χ1n) is 14.7. The van der Waals surface area contributed by atoms with Gasteiger partial charge in [0.15, 0.2) is 0 Å². The number of nitrogens with one attached hydrogen (secondary N) is 2. The summed E-state index contributed by atoms with van der Waals surface area (Å²) in [5, 5.41) is 25.7. The summed E-state index contributed by atoms with van der Waals surface area (Å²) >= 11 is 0. The summed E-state index contributed by atoms with van der Waals surface area (Å²) in [6.07, 6.45) is 8.20. The van der Waals surface area contributed by atoms with E-state index in [0.717, 1.165) is 32.1 Å². The van der Waals surface area contributed by atoms with Crippen LogP contribution in [0, 0.1) is 39.9 Å². The highest BCUT2D eigenvalue weighted by molar-refractivity contribution is 5.98. The second-order valence-electron chi connectivity index (χ2n) is 13.1. The Bertz CT molecular complexity index is 1210. The summed E-state index contributed by atoms with van der Waals surface area (Å²) in [6, 6.07) is 4.94. The van der Waals surface area contributed by atoms with Gasteiger partial charge in [-0.3, -0.25) is 14.4 Å². The number of carbonyl (C=O) groups is 3. The number of nitriles is 1. The van der Waals surface area contributed by atoms with E-state index in [9.17, 15) is 24.8 Å². The predicted molar refractivity (Wildman–Crippen MR) is 147 cm³/mol. The number of carbonyl (C=O) groups excluding carboxylic acids is 2. The maximum absolute atomic E-state index is 13.7. The van der Waals surface area contributed by atoms with Gasteiger partial charge in [-0.25, -0.2) is 0 Å². The van der Waals surface area contributed by atoms with Gasteiger partial charge in [0, 0.05) is 18.7 Å². The number of rotatable bonds is 9. The van der Waals surface area contributed by atoms with E-state index in [-0.39, 0.29) is 69.8 Å². The fraction of sp³-hybridized carbons (Fsp3) is 0.677. The first kappa shape index (κ1) is 28.3. The Labute approximate surface area is 236 Å². The molecule has 3 unspecified atom stereocenters. The van der Waals surface area contributed by atoms with E-state index >= 15 is 0 Å². The molecular formula is C31H41N3O6. The van der Waals surface area contributed by atoms with Crippen molar-refractivity contribution in [1.29, 1.82) is 5.26 Å². The Morgan fingerprint density at radius 1 is 1.05 bits per heavy atom. The Morgan fingerprint density at radius 3 is 2.35 bits per heavy atom. The minimum Gasteiger partial charge on any atom is -0.496 e. The Morgan fingerprint density at radius 2 is 1.75 bits per heavy atom. The van der Waals surface area contributed by atoms with E-state index in [4.69, 9.17) is 9.47 Å². The van der Waals surface area contributed by atoms with Crippen LogP contribution in [0.1, 0.15) is 94.0 Å². The average molecular weight is 552 g/mol. The lowest BCUT2D eigenvalue weighted by Gasteiger charge is -2.39. The van der Waals surface area contributed by atoms with Gasteiger partial charge in [0.05, 0.1) is 35.7 Å². The van der Waals surface area contributed by atoms with Crippen molar-refractivity contribution in [3.63, 3.8) is 0 Å². The predicted octanol–water partition coefficient (Wildman–Crippen LogP) is 4.43. The SMILES string of the molecule is COc1cc(C#N)c(OC2CCC(C)(C(=O)O)CC2)cc1C(=O)NC1C(C(=O)NCC2(C)CCC2)C2CC[C@H]1C2. The zero-order chi connectivity index (χ0) is 28.7. The van der Waals surface area contributed by atoms with Crippen LogP contribution in [-0.2, 0) is 9.59 Å². The topological polar surface area (TPSA) is 138 Å². The van der Waals surface area contributed by atoms with E-state index in [1.807, 2.05) is 0 Å². The van der Waals surface area contributed by atoms with E-state index in [1.54, 1.807) is 13.0 Å². The molecule has 0 spiro atoms. The van der Waals surface area contributed by atoms with Gasteiger partial charge in [-0.15, -0.1) is 0 Å². The van der Waals surface area contributed by atoms with Crippen LogP contribution in [0.4, 0.5) is 0 Å². The van der Waals surface area contributed by atoms with Gasteiger partial charge >= 0.3 is 5.97 Å². The largest absolute Gasteiger partial charge is 0.496 e. The van der Waals surface area contributed by atoms with Gasteiger partial charge in [0.25, 0.3) is 5.91 Å². The summed E-state index contributed by atoms with van der Waals surface area (Å²) in [4.78, 5) is 38.6. The van der Waals surface area contributed by atoms with Gasteiger partial charge in [-0.05, 0) is 88.0 Å². The zero-order valence-electron chi connectivity index (χ0n) is 23.8. The first-order valence-corrected chi connectivity index (χ1v) is 14.7. The number of nitrogens with zero attached hydrogens (tertiary/aromatic N) is 1. The number of methoxy groups -OCH3 is 1. The Balaban J connectivity index is 1.31. The van der Waals surface area contributed by atoms with Gasteiger partial charge in [0.1, 0.15) is 17.6 Å². The van der Waals surface area contributed by atoms with Crippen LogP contribution in [0.25, 0.3) is 0 Å². The molecule has 3 N–H and O–H groups in total. The van der Waals surface area contributed by atoms with Gasteiger partial charge < -0.3 is 25.2 Å². The average Bonchev–Trinajstić information content (AvgIpc) is 3.53. The third kappa shape index (κ3) is 5.37. The molecule has 0 radical (unpaired) electrons. The van der Waals surface area contributed by atoms with Crippen LogP contribution < -0.4 is 20.1 Å². The Kier molecular flexibility index (Phi) is 7.73. The molecule has 0 aliphatic heterocycles. The van der Waals surface area contributed by atoms with E-state index in [1.165, 1.54) is 19.6 Å². The summed E-state index contributed by atoms with van der Waals surface area (Å²) in [6.45, 7) is 4.64. The molecule has 2 amide bonds. The lowest BCUT2D eigenvalue weighted by Crippen LogP contribution is -2.51. The molecule has 5 rings (SSSR count). The van der Waals surface area contributed by atoms with Crippen LogP contribution in [-0.4, -0.2) is 48.7 Å². The van der Waals surface area contributed by atoms with Crippen molar-refractivity contribution >= 4 is 17.8 Å². The number of carboxylic acid groups (broad SMARTS) is 1. The molecular weight excluding hydrogens is 510 g/mol. The number of ether oxygens (including phenoxy) is 2. The first-order chi connectivity index (χ1) is 19.1. The summed E-state index contributed by atoms with van der Waals surface area (Å²) < 4.78 is 11.7. The fourth-order valence-electron chi connectivity index (χ4n) is 7.31. The van der Waals surface area contributed by atoms with Gasteiger partial charge in [-0.1, -0.05) is 13.3 Å². The molecule has 9 heteroatoms. The Hall–Kier alpha value is -3.28. The number of carboxylic acids is 1. The number of benzene rings is 1. The molecule has 216 valence electrons. The lowest BCUT2D eigenvalue weighted by molar-refractivity contribution is -0.150.